The van der Waals surface area contributed by atoms with Crippen LogP contribution in [0.2, 0.25) is 0 Å². The average Bonchev–Trinajstić information content (AvgIpc) is 3.00. The molecule has 1 heterocycles. The van der Waals surface area contributed by atoms with Gasteiger partial charge in [0, 0.05) is 29.9 Å². The number of para-hydroxylation sites is 1. The van der Waals surface area contributed by atoms with Crippen LogP contribution in [0.15, 0.2) is 66.7 Å². The maximum absolute atomic E-state index is 13.2. The third kappa shape index (κ3) is 5.30. The second-order valence-electron chi connectivity index (χ2n) is 8.79. The van der Waals surface area contributed by atoms with E-state index in [9.17, 15) is 9.59 Å². The van der Waals surface area contributed by atoms with Crippen molar-refractivity contribution in [3.8, 4) is 17.2 Å². The lowest BCUT2D eigenvalue weighted by Gasteiger charge is -2.24. The molecule has 0 fully saturated rings. The lowest BCUT2D eigenvalue weighted by molar-refractivity contribution is -0.138. The van der Waals surface area contributed by atoms with E-state index in [0.29, 0.717) is 42.4 Å². The summed E-state index contributed by atoms with van der Waals surface area (Å²) in [6.07, 6.45) is 0.0392. The van der Waals surface area contributed by atoms with Crippen molar-refractivity contribution >= 4 is 17.5 Å². The van der Waals surface area contributed by atoms with Gasteiger partial charge >= 0.3 is 0 Å². The van der Waals surface area contributed by atoms with E-state index in [1.54, 1.807) is 26.0 Å². The van der Waals surface area contributed by atoms with Crippen LogP contribution in [-0.4, -0.2) is 37.0 Å². The summed E-state index contributed by atoms with van der Waals surface area (Å²) in [4.78, 5) is 28.0. The average molecular weight is 489 g/mol. The normalized spacial score (nSPS) is 15.8. The molecule has 0 radical (unpaired) electrons. The van der Waals surface area contributed by atoms with Gasteiger partial charge in [0.2, 0.25) is 5.91 Å². The fourth-order valence-corrected chi connectivity index (χ4v) is 4.58. The van der Waals surface area contributed by atoms with Crippen molar-refractivity contribution in [2.75, 3.05) is 19.5 Å². The first-order valence-corrected chi connectivity index (χ1v) is 12.1. The van der Waals surface area contributed by atoms with Gasteiger partial charge in [0.25, 0.3) is 5.91 Å². The largest absolute Gasteiger partial charge is 0.493 e. The summed E-state index contributed by atoms with van der Waals surface area (Å²) in [5.41, 5.74) is 3.30. The molecule has 1 N–H and O–H groups in total. The fraction of sp³-hybridized carbons (Fsp3) is 0.310. The van der Waals surface area contributed by atoms with Gasteiger partial charge in [-0.25, -0.2) is 0 Å². The van der Waals surface area contributed by atoms with Crippen LogP contribution in [0.4, 0.5) is 5.69 Å². The van der Waals surface area contributed by atoms with Crippen LogP contribution in [0, 0.1) is 0 Å². The number of hydrogen-bond donors (Lipinski definition) is 1. The van der Waals surface area contributed by atoms with Crippen molar-refractivity contribution in [2.24, 2.45) is 0 Å². The Kier molecular flexibility index (Phi) is 7.78. The summed E-state index contributed by atoms with van der Waals surface area (Å²) >= 11 is 0. The predicted octanol–water partition coefficient (Wildman–Crippen LogP) is 5.15. The number of nitrogens with one attached hydrogen (secondary N) is 1. The maximum atomic E-state index is 13.2. The molecular weight excluding hydrogens is 456 g/mol. The van der Waals surface area contributed by atoms with Crippen molar-refractivity contribution in [1.29, 1.82) is 0 Å². The molecule has 3 aromatic rings. The van der Waals surface area contributed by atoms with Gasteiger partial charge in [0.1, 0.15) is 5.75 Å². The van der Waals surface area contributed by atoms with E-state index < -0.39 is 6.10 Å². The Morgan fingerprint density at radius 2 is 1.86 bits per heavy atom. The van der Waals surface area contributed by atoms with E-state index in [2.05, 4.69) is 5.32 Å². The van der Waals surface area contributed by atoms with Crippen molar-refractivity contribution in [1.82, 2.24) is 4.90 Å². The van der Waals surface area contributed by atoms with Gasteiger partial charge < -0.3 is 24.4 Å². The molecule has 36 heavy (non-hydrogen) atoms. The lowest BCUT2D eigenvalue weighted by atomic mass is 9.95. The minimum absolute atomic E-state index is 0.0689. The van der Waals surface area contributed by atoms with E-state index in [4.69, 9.17) is 14.2 Å². The highest BCUT2D eigenvalue weighted by molar-refractivity contribution is 5.96. The first-order valence-electron chi connectivity index (χ1n) is 12.1. The minimum atomic E-state index is -0.647. The number of nitrogens with zero attached hydrogens (tertiary/aromatic N) is 1. The number of hydrogen-bond acceptors (Lipinski definition) is 5. The molecule has 0 bridgehead atoms. The van der Waals surface area contributed by atoms with Crippen LogP contribution in [0.3, 0.4) is 0 Å². The van der Waals surface area contributed by atoms with Crippen molar-refractivity contribution < 1.29 is 23.8 Å². The number of benzene rings is 3. The summed E-state index contributed by atoms with van der Waals surface area (Å²) in [6, 6.07) is 20.9. The standard InChI is InChI=1S/C29H32N2O5/c1-5-24(20-10-7-6-8-11-20)28(32)30-23-14-15-25-22(16-23)18-31(29(33)19(2)36-25)17-21-12-9-13-26(34-3)27(21)35-4/h6-16,19,24H,5,17-18H2,1-4H3,(H,30,32). The summed E-state index contributed by atoms with van der Waals surface area (Å²) in [5, 5.41) is 3.05. The van der Waals surface area contributed by atoms with E-state index in [1.807, 2.05) is 73.7 Å². The van der Waals surface area contributed by atoms with Crippen LogP contribution in [-0.2, 0) is 22.7 Å². The Labute approximate surface area is 212 Å². The molecule has 0 saturated heterocycles. The van der Waals surface area contributed by atoms with Crippen LogP contribution >= 0.6 is 0 Å². The SMILES string of the molecule is CCC(C(=O)Nc1ccc2c(c1)CN(Cc1cccc(OC)c1OC)C(=O)C(C)O2)c1ccccc1. The fourth-order valence-electron chi connectivity index (χ4n) is 4.58. The molecule has 7 nitrogen and oxygen atoms in total. The third-order valence-corrected chi connectivity index (χ3v) is 6.42. The van der Waals surface area contributed by atoms with Gasteiger partial charge in [-0.05, 0) is 43.2 Å². The Hall–Kier alpha value is -4.00. The van der Waals surface area contributed by atoms with Gasteiger partial charge in [-0.3, -0.25) is 9.59 Å². The molecule has 4 rings (SSSR count). The number of rotatable bonds is 8. The quantitative estimate of drug-likeness (QED) is 0.475. The van der Waals surface area contributed by atoms with E-state index in [0.717, 1.165) is 16.7 Å². The minimum Gasteiger partial charge on any atom is -0.493 e. The number of carbonyl (C=O) groups excluding carboxylic acids is 2. The summed E-state index contributed by atoms with van der Waals surface area (Å²) in [7, 11) is 3.17. The Balaban J connectivity index is 1.58. The molecule has 0 saturated carbocycles. The molecule has 0 aromatic heterocycles. The molecule has 3 aromatic carbocycles. The predicted molar refractivity (Wildman–Crippen MR) is 138 cm³/mol. The summed E-state index contributed by atoms with van der Waals surface area (Å²) in [6.45, 7) is 4.40. The molecule has 188 valence electrons. The monoisotopic (exact) mass is 488 g/mol. The van der Waals surface area contributed by atoms with Crippen molar-refractivity contribution in [3.63, 3.8) is 0 Å². The Bertz CT molecular complexity index is 1230. The number of methoxy groups -OCH3 is 2. The summed E-state index contributed by atoms with van der Waals surface area (Å²) in [5.74, 6) is 1.38. The second kappa shape index (κ2) is 11.2. The topological polar surface area (TPSA) is 77.1 Å². The highest BCUT2D eigenvalue weighted by Crippen LogP contribution is 2.34. The number of fused-ring (bicyclic) bond motifs is 1. The second-order valence-corrected chi connectivity index (χ2v) is 8.79. The molecule has 2 amide bonds. The van der Waals surface area contributed by atoms with Gasteiger partial charge in [0.15, 0.2) is 17.6 Å². The van der Waals surface area contributed by atoms with Gasteiger partial charge in [0.05, 0.1) is 20.1 Å². The van der Waals surface area contributed by atoms with Gasteiger partial charge in [-0.2, -0.15) is 0 Å². The lowest BCUT2D eigenvalue weighted by Crippen LogP contribution is -2.37. The number of amides is 2. The van der Waals surface area contributed by atoms with Crippen molar-refractivity contribution in [2.45, 2.75) is 45.4 Å². The molecule has 7 heteroatoms. The highest BCUT2D eigenvalue weighted by Gasteiger charge is 2.29. The molecule has 0 spiro atoms. The van der Waals surface area contributed by atoms with E-state index >= 15 is 0 Å². The third-order valence-electron chi connectivity index (χ3n) is 6.42. The van der Waals surface area contributed by atoms with Gasteiger partial charge in [-0.15, -0.1) is 0 Å². The first kappa shape index (κ1) is 25.1. The molecule has 2 atom stereocenters. The zero-order chi connectivity index (χ0) is 25.7. The zero-order valence-electron chi connectivity index (χ0n) is 21.1. The number of anilines is 1. The molecule has 1 aliphatic heterocycles. The molecule has 0 aliphatic carbocycles. The smallest absolute Gasteiger partial charge is 0.263 e. The molecular formula is C29H32N2O5. The maximum Gasteiger partial charge on any atom is 0.263 e. The molecule has 2 unspecified atom stereocenters. The van der Waals surface area contributed by atoms with E-state index in [1.165, 1.54) is 0 Å². The molecule has 1 aliphatic rings. The Morgan fingerprint density at radius 3 is 2.56 bits per heavy atom. The highest BCUT2D eigenvalue weighted by atomic mass is 16.5. The summed E-state index contributed by atoms with van der Waals surface area (Å²) < 4.78 is 17.0. The zero-order valence-corrected chi connectivity index (χ0v) is 21.1. The van der Waals surface area contributed by atoms with Crippen LogP contribution < -0.4 is 19.5 Å². The number of ether oxygens (including phenoxy) is 3. The van der Waals surface area contributed by atoms with Gasteiger partial charge in [-0.1, -0.05) is 49.4 Å². The van der Waals surface area contributed by atoms with Crippen LogP contribution in [0.25, 0.3) is 0 Å². The first-order chi connectivity index (χ1) is 17.4. The van der Waals surface area contributed by atoms with E-state index in [-0.39, 0.29) is 17.7 Å². The van der Waals surface area contributed by atoms with Crippen LogP contribution in [0.1, 0.15) is 42.9 Å². The Morgan fingerprint density at radius 1 is 1.08 bits per heavy atom. The van der Waals surface area contributed by atoms with Crippen LogP contribution in [0.5, 0.6) is 17.2 Å². The van der Waals surface area contributed by atoms with Crippen molar-refractivity contribution in [3.05, 3.63) is 83.4 Å². The number of carbonyl (C=O) groups is 2.